The third-order valence-corrected chi connectivity index (χ3v) is 2.21. The van der Waals surface area contributed by atoms with Crippen molar-refractivity contribution in [3.63, 3.8) is 0 Å². The zero-order valence-electron chi connectivity index (χ0n) is 6.34. The third-order valence-electron chi connectivity index (χ3n) is 1.09. The topological polar surface area (TPSA) is 82.0 Å². The van der Waals surface area contributed by atoms with Crippen LogP contribution in [0.15, 0.2) is 12.4 Å². The monoisotopic (exact) mass is 189 g/mol. The highest BCUT2D eigenvalue weighted by Crippen LogP contribution is 1.98. The minimum atomic E-state index is -3.54. The quantitative estimate of drug-likeness (QED) is 0.587. The van der Waals surface area contributed by atoms with Gasteiger partial charge >= 0.3 is 0 Å². The van der Waals surface area contributed by atoms with E-state index in [1.165, 1.54) is 12.4 Å². The molecule has 66 valence electrons. The molecule has 1 aromatic heterocycles. The fourth-order valence-corrected chi connectivity index (χ4v) is 1.12. The van der Waals surface area contributed by atoms with Gasteiger partial charge in [0.1, 0.15) is 5.75 Å². The van der Waals surface area contributed by atoms with Crippen LogP contribution in [0.3, 0.4) is 0 Å². The molecule has 1 aromatic rings. The Morgan fingerprint density at radius 2 is 2.25 bits per heavy atom. The molecule has 0 saturated heterocycles. The molecular formula is C5H7N3O3S. The van der Waals surface area contributed by atoms with Gasteiger partial charge in [-0.25, -0.2) is 4.98 Å². The minimum absolute atomic E-state index is 0.124. The van der Waals surface area contributed by atoms with Crippen LogP contribution in [0.2, 0.25) is 0 Å². The second kappa shape index (κ2) is 3.55. The Hall–Kier alpha value is -1.08. The summed E-state index contributed by atoms with van der Waals surface area (Å²) in [5, 5.41) is 6.96. The van der Waals surface area contributed by atoms with E-state index in [-0.39, 0.29) is 11.6 Å². The number of hydrogen-bond donors (Lipinski definition) is 0. The van der Waals surface area contributed by atoms with Gasteiger partial charge in [-0.2, -0.15) is 13.5 Å². The Morgan fingerprint density at radius 3 is 2.75 bits per heavy atom. The lowest BCUT2D eigenvalue weighted by molar-refractivity contribution is 0.396. The van der Waals surface area contributed by atoms with Crippen LogP contribution in [-0.4, -0.2) is 30.7 Å². The first-order valence-electron chi connectivity index (χ1n) is 3.05. The molecule has 0 aromatic carbocycles. The van der Waals surface area contributed by atoms with Gasteiger partial charge in [0.15, 0.2) is 5.82 Å². The maximum atomic E-state index is 10.8. The Bertz CT molecular complexity index is 336. The normalized spacial score (nSPS) is 11.4. The summed E-state index contributed by atoms with van der Waals surface area (Å²) in [4.78, 5) is 3.68. The molecule has 0 aliphatic carbocycles. The second-order valence-corrected chi connectivity index (χ2v) is 3.66. The van der Waals surface area contributed by atoms with E-state index >= 15 is 0 Å². The lowest BCUT2D eigenvalue weighted by Gasteiger charge is -1.97. The van der Waals surface area contributed by atoms with Crippen molar-refractivity contribution in [2.45, 2.75) is 5.75 Å². The van der Waals surface area contributed by atoms with Crippen molar-refractivity contribution in [1.82, 2.24) is 15.2 Å². The molecule has 0 aliphatic rings. The van der Waals surface area contributed by atoms with Crippen molar-refractivity contribution in [1.29, 1.82) is 0 Å². The van der Waals surface area contributed by atoms with E-state index in [0.717, 1.165) is 7.11 Å². The summed E-state index contributed by atoms with van der Waals surface area (Å²) in [5.74, 6) is -0.225. The fraction of sp³-hybridized carbons (Fsp3) is 0.400. The van der Waals surface area contributed by atoms with Gasteiger partial charge in [0.2, 0.25) is 0 Å². The maximum absolute atomic E-state index is 10.8. The molecule has 0 spiro atoms. The molecule has 6 nitrogen and oxygen atoms in total. The van der Waals surface area contributed by atoms with Gasteiger partial charge in [0.05, 0.1) is 13.3 Å². The van der Waals surface area contributed by atoms with E-state index in [4.69, 9.17) is 0 Å². The average molecular weight is 189 g/mol. The Labute approximate surface area is 69.7 Å². The Kier molecular flexibility index (Phi) is 2.66. The predicted octanol–water partition coefficient (Wildman–Crippen LogP) is -0.652. The van der Waals surface area contributed by atoms with Crippen molar-refractivity contribution < 1.29 is 12.6 Å². The van der Waals surface area contributed by atoms with Crippen LogP contribution < -0.4 is 0 Å². The average Bonchev–Trinajstić information content (AvgIpc) is 2.06. The standard InChI is InChI=1S/C5H7N3O3S/c1-11-12(9,10)4-5-6-2-3-7-8-5/h2-3H,4H2,1H3. The van der Waals surface area contributed by atoms with E-state index in [0.29, 0.717) is 0 Å². The zero-order valence-corrected chi connectivity index (χ0v) is 7.15. The largest absolute Gasteiger partial charge is 0.274 e. The van der Waals surface area contributed by atoms with Crippen molar-refractivity contribution in [3.8, 4) is 0 Å². The van der Waals surface area contributed by atoms with Crippen molar-refractivity contribution >= 4 is 10.1 Å². The Balaban J connectivity index is 2.78. The van der Waals surface area contributed by atoms with Gasteiger partial charge in [-0.15, -0.1) is 5.10 Å². The summed E-state index contributed by atoms with van der Waals surface area (Å²) in [6, 6.07) is 0. The number of hydrogen-bond acceptors (Lipinski definition) is 6. The molecule has 0 amide bonds. The lowest BCUT2D eigenvalue weighted by atomic mass is 10.7. The molecule has 1 rings (SSSR count). The fourth-order valence-electron chi connectivity index (χ4n) is 0.558. The SMILES string of the molecule is COS(=O)(=O)Cc1nccnn1. The second-order valence-electron chi connectivity index (χ2n) is 1.93. The first-order chi connectivity index (χ1) is 5.64. The highest BCUT2D eigenvalue weighted by molar-refractivity contribution is 7.85. The van der Waals surface area contributed by atoms with Gasteiger partial charge in [-0.1, -0.05) is 0 Å². The highest BCUT2D eigenvalue weighted by Gasteiger charge is 2.11. The molecule has 0 atom stereocenters. The van der Waals surface area contributed by atoms with Crippen molar-refractivity contribution in [2.24, 2.45) is 0 Å². The van der Waals surface area contributed by atoms with E-state index < -0.39 is 10.1 Å². The molecule has 0 N–H and O–H groups in total. The molecule has 0 aliphatic heterocycles. The van der Waals surface area contributed by atoms with Crippen LogP contribution in [0, 0.1) is 0 Å². The van der Waals surface area contributed by atoms with Gasteiger partial charge < -0.3 is 0 Å². The van der Waals surface area contributed by atoms with Crippen LogP contribution >= 0.6 is 0 Å². The minimum Gasteiger partial charge on any atom is -0.273 e. The number of aromatic nitrogens is 3. The van der Waals surface area contributed by atoms with Gasteiger partial charge in [0, 0.05) is 6.20 Å². The van der Waals surface area contributed by atoms with E-state index in [1.54, 1.807) is 0 Å². The van der Waals surface area contributed by atoms with Crippen LogP contribution in [0.1, 0.15) is 5.82 Å². The molecule has 0 radical (unpaired) electrons. The Morgan fingerprint density at radius 1 is 1.50 bits per heavy atom. The molecule has 0 fully saturated rings. The predicted molar refractivity (Wildman–Crippen MR) is 39.5 cm³/mol. The van der Waals surface area contributed by atoms with Crippen molar-refractivity contribution in [2.75, 3.05) is 7.11 Å². The summed E-state index contributed by atoms with van der Waals surface area (Å²) in [7, 11) is -2.45. The van der Waals surface area contributed by atoms with Crippen LogP contribution in [-0.2, 0) is 20.1 Å². The smallest absolute Gasteiger partial charge is 0.273 e. The molecule has 0 saturated carbocycles. The van der Waals surface area contributed by atoms with Crippen LogP contribution in [0.5, 0.6) is 0 Å². The highest BCUT2D eigenvalue weighted by atomic mass is 32.2. The van der Waals surface area contributed by atoms with E-state index in [9.17, 15) is 8.42 Å². The summed E-state index contributed by atoms with van der Waals surface area (Å²) >= 11 is 0. The zero-order chi connectivity index (χ0) is 9.03. The van der Waals surface area contributed by atoms with Gasteiger partial charge in [-0.3, -0.25) is 4.18 Å². The molecular weight excluding hydrogens is 182 g/mol. The third kappa shape index (κ3) is 2.51. The molecule has 1 heterocycles. The maximum Gasteiger partial charge on any atom is 0.274 e. The lowest BCUT2D eigenvalue weighted by Crippen LogP contribution is -2.09. The molecule has 12 heavy (non-hydrogen) atoms. The van der Waals surface area contributed by atoms with Crippen LogP contribution in [0.25, 0.3) is 0 Å². The summed E-state index contributed by atoms with van der Waals surface area (Å²) in [6.45, 7) is 0. The summed E-state index contributed by atoms with van der Waals surface area (Å²) in [5.41, 5.74) is 0. The van der Waals surface area contributed by atoms with Gasteiger partial charge in [0.25, 0.3) is 10.1 Å². The molecule has 0 unspecified atom stereocenters. The van der Waals surface area contributed by atoms with E-state index in [2.05, 4.69) is 19.4 Å². The summed E-state index contributed by atoms with van der Waals surface area (Å²) in [6.07, 6.45) is 2.73. The van der Waals surface area contributed by atoms with Crippen LogP contribution in [0.4, 0.5) is 0 Å². The first-order valence-corrected chi connectivity index (χ1v) is 4.62. The van der Waals surface area contributed by atoms with Gasteiger partial charge in [-0.05, 0) is 0 Å². The number of rotatable bonds is 3. The number of nitrogens with zero attached hydrogens (tertiary/aromatic N) is 3. The van der Waals surface area contributed by atoms with E-state index in [1.807, 2.05) is 0 Å². The first kappa shape index (κ1) is 9.01. The summed E-state index contributed by atoms with van der Waals surface area (Å²) < 4.78 is 25.9. The molecule has 7 heteroatoms. The van der Waals surface area contributed by atoms with Crippen molar-refractivity contribution in [3.05, 3.63) is 18.2 Å². The molecule has 0 bridgehead atoms.